The SMILES string of the molecule is CC(C)n1c(=O)[nH]c2c(c1=O)CC(F)(F)[C@](C)(c1ccccc1)N2.CC(F)(F)Cn1c(=O)[nH]c2c(c1=O)CC[C@](C)(c1cccc(F)c1)N2.CCn1c(=O)[nH]c2c(c1=O)CC[C@@](c1ccccc1)(C1CCOCC1)N2.CCn1c(=O)[nH]c2c(c1=O)CC[C@](c1ccccc1)(C1CCOCC1)N2.C[C@]1(c2cc(F)ccc2F)CCc2c([nH]c(=O)n(C3CC3)c2=O)N1.C[C@]1(c2ccccc2)CCc2c([nH]c(=O)n(-c3ccccc3)c2=O)N1. The summed E-state index contributed by atoms with van der Waals surface area (Å²) in [4.78, 5) is 166. The van der Waals surface area contributed by atoms with Crippen LogP contribution in [0.2, 0.25) is 0 Å². The zero-order chi connectivity index (χ0) is 107. The first kappa shape index (κ1) is 106. The molecule has 6 atom stereocenters. The van der Waals surface area contributed by atoms with Gasteiger partial charge in [-0.05, 0) is 240 Å². The number of hydrogen-bond acceptors (Lipinski definition) is 20. The number of aromatic amines is 6. The summed E-state index contributed by atoms with van der Waals surface area (Å²) in [5.41, 5.74) is -1.59. The molecule has 13 aromatic rings. The quantitative estimate of drug-likeness (QED) is 0.0424. The highest BCUT2D eigenvalue weighted by atomic mass is 19.3. The van der Waals surface area contributed by atoms with Gasteiger partial charge < -0.3 is 41.4 Å². The van der Waals surface area contributed by atoms with E-state index in [0.29, 0.717) is 137 Å². The number of alkyl halides is 4. The predicted molar refractivity (Wildman–Crippen MR) is 560 cm³/mol. The molecule has 32 nitrogen and oxygen atoms in total. The first-order valence-corrected chi connectivity index (χ1v) is 50.9. The molecule has 9 aliphatic rings. The minimum Gasteiger partial charge on any atom is -0.381 e. The number of benzene rings is 7. The molecular weight excluding hydrogens is 1940 g/mol. The molecule has 2 saturated heterocycles. The van der Waals surface area contributed by atoms with Crippen molar-refractivity contribution in [1.29, 1.82) is 0 Å². The topological polar surface area (TPSA) is 420 Å². The number of halogens is 7. The molecule has 0 bridgehead atoms. The minimum absolute atomic E-state index is 0.0134. The number of nitrogens with one attached hydrogen (secondary N) is 12. The lowest BCUT2D eigenvalue weighted by Crippen LogP contribution is -2.56. The van der Waals surface area contributed by atoms with Gasteiger partial charge in [-0.1, -0.05) is 152 Å². The van der Waals surface area contributed by atoms with Gasteiger partial charge in [0.15, 0.2) is 0 Å². The zero-order valence-electron chi connectivity index (χ0n) is 84.8. The Hall–Kier alpha value is -15.2. The van der Waals surface area contributed by atoms with E-state index in [1.807, 2.05) is 93.6 Å². The molecule has 1 aliphatic carbocycles. The van der Waals surface area contributed by atoms with Crippen LogP contribution in [0.15, 0.2) is 252 Å². The van der Waals surface area contributed by atoms with Crippen molar-refractivity contribution < 1.29 is 40.2 Å². The van der Waals surface area contributed by atoms with Crippen molar-refractivity contribution in [2.24, 2.45) is 11.8 Å². The average molecular weight is 2070 g/mol. The van der Waals surface area contributed by atoms with Gasteiger partial charge in [0.1, 0.15) is 57.9 Å². The highest BCUT2D eigenvalue weighted by molar-refractivity contribution is 5.58. The van der Waals surface area contributed by atoms with Crippen molar-refractivity contribution in [3.8, 4) is 5.69 Å². The van der Waals surface area contributed by atoms with Crippen LogP contribution < -0.4 is 99.4 Å². The van der Waals surface area contributed by atoms with Gasteiger partial charge in [0.2, 0.25) is 0 Å². The van der Waals surface area contributed by atoms with Gasteiger partial charge in [0.25, 0.3) is 45.2 Å². The Bertz CT molecular complexity index is 7840. The number of ether oxygens (including phenoxy) is 2. The maximum atomic E-state index is 14.9. The van der Waals surface area contributed by atoms with E-state index in [1.165, 1.54) is 48.5 Å². The number of para-hydroxylation sites is 1. The molecule has 22 rings (SSSR count). The van der Waals surface area contributed by atoms with Crippen LogP contribution in [-0.4, -0.2) is 95.6 Å². The Balaban J connectivity index is 0.000000123. The first-order valence-electron chi connectivity index (χ1n) is 50.9. The molecule has 39 heteroatoms. The van der Waals surface area contributed by atoms with E-state index in [2.05, 4.69) is 105 Å². The summed E-state index contributed by atoms with van der Waals surface area (Å²) in [7, 11) is 0. The second kappa shape index (κ2) is 42.8. The second-order valence-electron chi connectivity index (χ2n) is 41.0. The van der Waals surface area contributed by atoms with Crippen LogP contribution in [-0.2, 0) is 101 Å². The molecule has 0 amide bonds. The van der Waals surface area contributed by atoms with Crippen molar-refractivity contribution in [3.05, 3.63) is 403 Å². The van der Waals surface area contributed by atoms with E-state index < -0.39 is 93.0 Å². The molecule has 0 unspecified atom stereocenters. The molecule has 14 heterocycles. The largest absolute Gasteiger partial charge is 0.381 e. The molecule has 150 heavy (non-hydrogen) atoms. The first-order chi connectivity index (χ1) is 71.5. The molecule has 6 aromatic heterocycles. The normalized spacial score (nSPS) is 21.8. The van der Waals surface area contributed by atoms with E-state index in [-0.39, 0.29) is 96.8 Å². The van der Waals surface area contributed by atoms with Crippen molar-refractivity contribution in [2.75, 3.05) is 58.3 Å². The van der Waals surface area contributed by atoms with E-state index in [4.69, 9.17) is 9.47 Å². The average Bonchev–Trinajstić information content (AvgIpc) is 1.08. The summed E-state index contributed by atoms with van der Waals surface area (Å²) in [6, 6.07) is 57.0. The number of H-pyrrole nitrogens is 6. The Morgan fingerprint density at radius 2 is 0.753 bits per heavy atom. The van der Waals surface area contributed by atoms with Crippen LogP contribution in [0, 0.1) is 29.3 Å². The predicted octanol–water partition coefficient (Wildman–Crippen LogP) is 14.9. The molecule has 790 valence electrons. The highest BCUT2D eigenvalue weighted by Crippen LogP contribution is 2.50. The van der Waals surface area contributed by atoms with Crippen molar-refractivity contribution in [3.63, 3.8) is 0 Å². The summed E-state index contributed by atoms with van der Waals surface area (Å²) >= 11 is 0. The second-order valence-corrected chi connectivity index (χ2v) is 41.0. The lowest BCUT2D eigenvalue weighted by molar-refractivity contribution is -0.0654. The Morgan fingerprint density at radius 1 is 0.373 bits per heavy atom. The van der Waals surface area contributed by atoms with Gasteiger partial charge in [0.05, 0.1) is 73.3 Å². The maximum Gasteiger partial charge on any atom is 0.334 e. The lowest BCUT2D eigenvalue weighted by atomic mass is 9.69. The van der Waals surface area contributed by atoms with Gasteiger partial charge in [-0.3, -0.25) is 81.5 Å². The standard InChI is InChI=1S/2C20H25N3O3.C20H19N3O2.C17H18F3N3O2.C17H17F2N3O2.C17H19F2N3O2/c2*1-2-23-18(24)16-8-11-20(14-6-4-3-5-7-14,15-9-12-26-13-10-15)22-17(16)21-19(23)25;1-20(14-8-4-2-5-9-14)13-12-16-17(22-20)21-19(25)23(18(16)24)15-10-6-3-7-11-15;1-16(10-4-3-5-11(18)8-10)7-6-12-13(22-16)21-15(25)23(14(12)24)9-17(2,19)20;1-17(12-8-9(18)2-5-13(12)19)7-6-11-14(21-17)20-16(24)22(15(11)23)10-3-4-10;1-10(2)22-14(23)12-9-17(18,19)16(3,11-7-5-4-6-8-11)21-13(12)20-15(22)24/h2*3-7,15,22H,2,8-13H2,1H3,(H,21,25);2-11,22H,12-13H2,1H3,(H,21,25);3-5,8,22H,6-7,9H2,1-2H3,(H,21,25);2,5,8,10,21H,3-4,6-7H2,1H3,(H,20,24);4-8,10,21H,9H2,1-3H3,(H,20,24)/t3*20-;16-;17-;16-/m101110/s1. The molecule has 0 spiro atoms. The molecule has 7 aromatic carbocycles. The monoisotopic (exact) mass is 2060 g/mol. The Morgan fingerprint density at radius 3 is 1.22 bits per heavy atom. The maximum absolute atomic E-state index is 14.9. The van der Waals surface area contributed by atoms with Crippen LogP contribution in [0.4, 0.5) is 65.6 Å². The Kier molecular flexibility index (Phi) is 30.3. The number of hydrogen-bond donors (Lipinski definition) is 12. The zero-order valence-corrected chi connectivity index (χ0v) is 84.8. The third kappa shape index (κ3) is 21.2. The highest BCUT2D eigenvalue weighted by Gasteiger charge is 2.56. The third-order valence-electron chi connectivity index (χ3n) is 30.7. The van der Waals surface area contributed by atoms with Crippen molar-refractivity contribution >= 4 is 34.9 Å². The van der Waals surface area contributed by atoms with Gasteiger partial charge in [-0.15, -0.1) is 0 Å². The van der Waals surface area contributed by atoms with E-state index in [9.17, 15) is 88.3 Å². The van der Waals surface area contributed by atoms with E-state index in [0.717, 1.165) is 113 Å². The lowest BCUT2D eigenvalue weighted by Gasteiger charge is -2.47. The fraction of sp³-hybridized carbons (Fsp3) is 0.405. The summed E-state index contributed by atoms with van der Waals surface area (Å²) in [6.45, 7) is 17.4. The third-order valence-corrected chi connectivity index (χ3v) is 30.7. The van der Waals surface area contributed by atoms with Crippen LogP contribution in [0.3, 0.4) is 0 Å². The van der Waals surface area contributed by atoms with Crippen molar-refractivity contribution in [1.82, 2.24) is 57.3 Å². The number of rotatable bonds is 15. The Labute approximate surface area is 855 Å². The van der Waals surface area contributed by atoms with Gasteiger partial charge in [0, 0.05) is 70.5 Å². The molecular formula is C111H123F7N18O14. The molecule has 8 aliphatic heterocycles. The van der Waals surface area contributed by atoms with E-state index in [1.54, 1.807) is 75.4 Å². The summed E-state index contributed by atoms with van der Waals surface area (Å²) < 4.78 is 115. The fourth-order valence-electron chi connectivity index (χ4n) is 22.2. The van der Waals surface area contributed by atoms with E-state index >= 15 is 0 Å². The van der Waals surface area contributed by atoms with Crippen LogP contribution >= 0.6 is 0 Å². The summed E-state index contributed by atoms with van der Waals surface area (Å²) in [5.74, 6) is -4.76. The van der Waals surface area contributed by atoms with Crippen LogP contribution in [0.1, 0.15) is 212 Å². The molecule has 0 radical (unpaired) electrons. The smallest absolute Gasteiger partial charge is 0.334 e. The molecule has 1 saturated carbocycles. The number of aromatic nitrogens is 12. The fourth-order valence-corrected chi connectivity index (χ4v) is 22.2. The van der Waals surface area contributed by atoms with Crippen molar-refractivity contribution in [2.45, 2.75) is 248 Å². The molecule has 12 N–H and O–H groups in total. The number of fused-ring (bicyclic) bond motifs is 6. The summed E-state index contributed by atoms with van der Waals surface area (Å²) in [5, 5.41) is 19.4. The molecule has 3 fully saturated rings. The van der Waals surface area contributed by atoms with Gasteiger partial charge >= 0.3 is 34.1 Å². The summed E-state index contributed by atoms with van der Waals surface area (Å²) in [6.07, 6.45) is 10.7. The number of anilines is 6. The van der Waals surface area contributed by atoms with Crippen LogP contribution in [0.25, 0.3) is 5.69 Å². The number of nitrogens with zero attached hydrogens (tertiary/aromatic N) is 6. The minimum atomic E-state index is -3.20. The van der Waals surface area contributed by atoms with Gasteiger partial charge in [-0.25, -0.2) is 64.1 Å². The van der Waals surface area contributed by atoms with Gasteiger partial charge in [-0.2, -0.15) is 0 Å². The van der Waals surface area contributed by atoms with Crippen LogP contribution in [0.5, 0.6) is 0 Å².